The molecule has 9 heteroatoms. The Labute approximate surface area is 164 Å². The van der Waals surface area contributed by atoms with Crippen molar-refractivity contribution in [1.82, 2.24) is 4.90 Å². The molecule has 0 spiro atoms. The SMILES string of the molecule is CCOc1ccc(C2=C(Nc3cccc(OC(F)(F)F)c3)C(=O)N(C)C2=O)cc1. The van der Waals surface area contributed by atoms with E-state index in [1.165, 1.54) is 19.2 Å². The summed E-state index contributed by atoms with van der Waals surface area (Å²) in [5.41, 5.74) is 0.719. The number of amides is 2. The summed E-state index contributed by atoms with van der Waals surface area (Å²) in [6.45, 7) is 2.31. The first-order chi connectivity index (χ1) is 13.7. The van der Waals surface area contributed by atoms with Crippen molar-refractivity contribution in [3.63, 3.8) is 0 Å². The molecule has 152 valence electrons. The van der Waals surface area contributed by atoms with Crippen LogP contribution in [-0.4, -0.2) is 36.7 Å². The minimum absolute atomic E-state index is 0.0363. The lowest BCUT2D eigenvalue weighted by Gasteiger charge is -2.12. The average molecular weight is 406 g/mol. The summed E-state index contributed by atoms with van der Waals surface area (Å²) >= 11 is 0. The summed E-state index contributed by atoms with van der Waals surface area (Å²) in [6, 6.07) is 11.6. The van der Waals surface area contributed by atoms with Gasteiger partial charge >= 0.3 is 6.36 Å². The molecule has 1 heterocycles. The number of carbonyl (C=O) groups excluding carboxylic acids is 2. The highest BCUT2D eigenvalue weighted by Gasteiger charge is 2.37. The molecule has 0 unspecified atom stereocenters. The number of anilines is 1. The molecule has 29 heavy (non-hydrogen) atoms. The van der Waals surface area contributed by atoms with Gasteiger partial charge in [-0.15, -0.1) is 13.2 Å². The Balaban J connectivity index is 1.96. The largest absolute Gasteiger partial charge is 0.573 e. The molecule has 2 aromatic rings. The van der Waals surface area contributed by atoms with Gasteiger partial charge in [-0.05, 0) is 36.8 Å². The molecule has 3 rings (SSSR count). The van der Waals surface area contributed by atoms with Crippen molar-refractivity contribution in [1.29, 1.82) is 0 Å². The van der Waals surface area contributed by atoms with E-state index in [1.54, 1.807) is 24.3 Å². The molecular weight excluding hydrogens is 389 g/mol. The summed E-state index contributed by atoms with van der Waals surface area (Å²) < 4.78 is 46.6. The van der Waals surface area contributed by atoms with Crippen LogP contribution in [0.1, 0.15) is 12.5 Å². The van der Waals surface area contributed by atoms with E-state index in [0.717, 1.165) is 17.0 Å². The van der Waals surface area contributed by atoms with E-state index in [2.05, 4.69) is 10.1 Å². The number of rotatable bonds is 6. The van der Waals surface area contributed by atoms with Gasteiger partial charge in [0.1, 0.15) is 17.2 Å². The van der Waals surface area contributed by atoms with E-state index in [4.69, 9.17) is 4.74 Å². The van der Waals surface area contributed by atoms with Crippen molar-refractivity contribution in [2.24, 2.45) is 0 Å². The van der Waals surface area contributed by atoms with Crippen LogP contribution in [0.4, 0.5) is 18.9 Å². The number of benzene rings is 2. The van der Waals surface area contributed by atoms with Gasteiger partial charge in [0.25, 0.3) is 11.8 Å². The number of ether oxygens (including phenoxy) is 2. The highest BCUT2D eigenvalue weighted by Crippen LogP contribution is 2.32. The van der Waals surface area contributed by atoms with Crippen LogP contribution in [-0.2, 0) is 9.59 Å². The Morgan fingerprint density at radius 1 is 1.00 bits per heavy atom. The molecule has 0 atom stereocenters. The summed E-state index contributed by atoms with van der Waals surface area (Å²) in [5.74, 6) is -0.963. The fourth-order valence-corrected chi connectivity index (χ4v) is 2.83. The van der Waals surface area contributed by atoms with E-state index < -0.39 is 23.9 Å². The predicted octanol–water partition coefficient (Wildman–Crippen LogP) is 3.81. The first kappa shape index (κ1) is 20.2. The van der Waals surface area contributed by atoms with E-state index in [1.807, 2.05) is 6.92 Å². The fraction of sp³-hybridized carbons (Fsp3) is 0.200. The minimum Gasteiger partial charge on any atom is -0.494 e. The lowest BCUT2D eigenvalue weighted by Crippen LogP contribution is -2.27. The zero-order chi connectivity index (χ0) is 21.2. The van der Waals surface area contributed by atoms with Gasteiger partial charge in [-0.3, -0.25) is 14.5 Å². The van der Waals surface area contributed by atoms with E-state index in [9.17, 15) is 22.8 Å². The monoisotopic (exact) mass is 406 g/mol. The smallest absolute Gasteiger partial charge is 0.494 e. The average Bonchev–Trinajstić information content (AvgIpc) is 2.86. The zero-order valence-electron chi connectivity index (χ0n) is 15.5. The van der Waals surface area contributed by atoms with Crippen molar-refractivity contribution in [2.45, 2.75) is 13.3 Å². The molecule has 0 fully saturated rings. The number of hydrogen-bond donors (Lipinski definition) is 1. The Hall–Kier alpha value is -3.49. The fourth-order valence-electron chi connectivity index (χ4n) is 2.83. The summed E-state index contributed by atoms with van der Waals surface area (Å²) in [7, 11) is 1.33. The van der Waals surface area contributed by atoms with Gasteiger partial charge < -0.3 is 14.8 Å². The second-order valence-corrected chi connectivity index (χ2v) is 6.08. The Bertz CT molecular complexity index is 968. The summed E-state index contributed by atoms with van der Waals surface area (Å²) in [4.78, 5) is 26.1. The normalized spacial score (nSPS) is 14.4. The number of alkyl halides is 3. The highest BCUT2D eigenvalue weighted by atomic mass is 19.4. The van der Waals surface area contributed by atoms with Crippen molar-refractivity contribution in [3.8, 4) is 11.5 Å². The second-order valence-electron chi connectivity index (χ2n) is 6.08. The van der Waals surface area contributed by atoms with Crippen molar-refractivity contribution < 1.29 is 32.2 Å². The van der Waals surface area contributed by atoms with E-state index in [0.29, 0.717) is 17.9 Å². The zero-order valence-corrected chi connectivity index (χ0v) is 15.5. The summed E-state index contributed by atoms with van der Waals surface area (Å²) in [5, 5.41) is 2.75. The molecule has 0 saturated heterocycles. The highest BCUT2D eigenvalue weighted by molar-refractivity contribution is 6.36. The third-order valence-electron chi connectivity index (χ3n) is 4.08. The second kappa shape index (κ2) is 7.86. The van der Waals surface area contributed by atoms with Crippen molar-refractivity contribution >= 4 is 23.1 Å². The molecule has 0 bridgehead atoms. The first-order valence-electron chi connectivity index (χ1n) is 8.62. The third kappa shape index (κ3) is 4.50. The molecule has 0 radical (unpaired) electrons. The molecule has 2 aromatic carbocycles. The van der Waals surface area contributed by atoms with Crippen LogP contribution in [0.2, 0.25) is 0 Å². The number of halogens is 3. The quantitative estimate of drug-likeness (QED) is 0.739. The van der Waals surface area contributed by atoms with Gasteiger partial charge in [-0.25, -0.2) is 0 Å². The van der Waals surface area contributed by atoms with Gasteiger partial charge in [0.2, 0.25) is 0 Å². The number of imide groups is 1. The number of carbonyl (C=O) groups is 2. The maximum Gasteiger partial charge on any atom is 0.573 e. The van der Waals surface area contributed by atoms with Gasteiger partial charge in [0.05, 0.1) is 12.2 Å². The first-order valence-corrected chi connectivity index (χ1v) is 8.62. The lowest BCUT2D eigenvalue weighted by atomic mass is 10.0. The molecule has 0 aromatic heterocycles. The van der Waals surface area contributed by atoms with Crippen molar-refractivity contribution in [2.75, 3.05) is 19.0 Å². The molecule has 0 saturated carbocycles. The van der Waals surface area contributed by atoms with Crippen LogP contribution in [0.3, 0.4) is 0 Å². The molecule has 2 amide bonds. The molecule has 1 N–H and O–H groups in total. The van der Waals surface area contributed by atoms with Crippen LogP contribution in [0.15, 0.2) is 54.2 Å². The third-order valence-corrected chi connectivity index (χ3v) is 4.08. The van der Waals surface area contributed by atoms with Gasteiger partial charge in [0.15, 0.2) is 0 Å². The van der Waals surface area contributed by atoms with Gasteiger partial charge in [-0.2, -0.15) is 0 Å². The molecule has 1 aliphatic rings. The number of likely N-dealkylation sites (N-methyl/N-ethyl adjacent to an activating group) is 1. The lowest BCUT2D eigenvalue weighted by molar-refractivity contribution is -0.274. The maximum atomic E-state index is 12.6. The topological polar surface area (TPSA) is 67.9 Å². The van der Waals surface area contributed by atoms with Crippen LogP contribution in [0, 0.1) is 0 Å². The maximum absolute atomic E-state index is 12.6. The van der Waals surface area contributed by atoms with Gasteiger partial charge in [0, 0.05) is 18.8 Å². The van der Waals surface area contributed by atoms with E-state index in [-0.39, 0.29) is 17.0 Å². The Kier molecular flexibility index (Phi) is 5.49. The summed E-state index contributed by atoms with van der Waals surface area (Å²) in [6.07, 6.45) is -4.84. The Morgan fingerprint density at radius 2 is 1.69 bits per heavy atom. The van der Waals surface area contributed by atoms with Gasteiger partial charge in [-0.1, -0.05) is 18.2 Å². The van der Waals surface area contributed by atoms with Crippen LogP contribution >= 0.6 is 0 Å². The standard InChI is InChI=1S/C20H17F3N2O4/c1-3-28-14-9-7-12(8-10-14)16-17(19(27)25(2)18(16)26)24-13-5-4-6-15(11-13)29-20(21,22)23/h4-11,24H,3H2,1-2H3. The van der Waals surface area contributed by atoms with E-state index >= 15 is 0 Å². The van der Waals surface area contributed by atoms with Crippen molar-refractivity contribution in [3.05, 3.63) is 59.8 Å². The van der Waals surface area contributed by atoms with Crippen LogP contribution in [0.5, 0.6) is 11.5 Å². The minimum atomic E-state index is -4.84. The number of nitrogens with zero attached hydrogens (tertiary/aromatic N) is 1. The van der Waals surface area contributed by atoms with Crippen LogP contribution in [0.25, 0.3) is 5.57 Å². The Morgan fingerprint density at radius 3 is 2.31 bits per heavy atom. The molecule has 6 nitrogen and oxygen atoms in total. The van der Waals surface area contributed by atoms with Crippen LogP contribution < -0.4 is 14.8 Å². The predicted molar refractivity (Wildman–Crippen MR) is 99.1 cm³/mol. The number of hydrogen-bond acceptors (Lipinski definition) is 5. The number of nitrogens with one attached hydrogen (secondary N) is 1. The molecule has 1 aliphatic heterocycles. The molecular formula is C20H17F3N2O4. The molecule has 0 aliphatic carbocycles.